The lowest BCUT2D eigenvalue weighted by Crippen LogP contribution is -1.88. The highest BCUT2D eigenvalue weighted by molar-refractivity contribution is 5.66. The fourth-order valence-electron chi connectivity index (χ4n) is 1.43. The largest absolute Gasteiger partial charge is 0.505 e. The van der Waals surface area contributed by atoms with Crippen LogP contribution < -0.4 is 0 Å². The van der Waals surface area contributed by atoms with E-state index < -0.39 is 29.0 Å². The number of phenols is 2. The molecule has 0 aliphatic rings. The topological polar surface area (TPSA) is 40.5 Å². The molecule has 0 saturated heterocycles. The van der Waals surface area contributed by atoms with Gasteiger partial charge < -0.3 is 10.2 Å². The summed E-state index contributed by atoms with van der Waals surface area (Å²) in [6.07, 6.45) is 0. The summed E-state index contributed by atoms with van der Waals surface area (Å²) in [4.78, 5) is 0. The van der Waals surface area contributed by atoms with Gasteiger partial charge in [0.2, 0.25) is 0 Å². The summed E-state index contributed by atoms with van der Waals surface area (Å²) in [5.41, 5.74) is -0.129. The number of halogens is 3. The first-order chi connectivity index (χ1) is 7.99. The average Bonchev–Trinajstić information content (AvgIpc) is 2.27. The van der Waals surface area contributed by atoms with Crippen molar-refractivity contribution in [2.75, 3.05) is 0 Å². The molecule has 0 amide bonds. The summed E-state index contributed by atoms with van der Waals surface area (Å²) in [6, 6.07) is 4.53. The lowest BCUT2D eigenvalue weighted by atomic mass is 10.0. The van der Waals surface area contributed by atoms with Crippen LogP contribution in [0.2, 0.25) is 0 Å². The minimum absolute atomic E-state index is 0.0664. The monoisotopic (exact) mass is 240 g/mol. The second-order valence-corrected chi connectivity index (χ2v) is 3.45. The van der Waals surface area contributed by atoms with Crippen LogP contribution in [0.5, 0.6) is 11.5 Å². The molecule has 0 radical (unpaired) electrons. The molecule has 0 aliphatic carbocycles. The Morgan fingerprint density at radius 2 is 1.35 bits per heavy atom. The molecule has 0 fully saturated rings. The van der Waals surface area contributed by atoms with Crippen molar-refractivity contribution in [1.29, 1.82) is 0 Å². The molecule has 2 N–H and O–H groups in total. The summed E-state index contributed by atoms with van der Waals surface area (Å²) in [5.74, 6) is -4.21. The summed E-state index contributed by atoms with van der Waals surface area (Å²) >= 11 is 0. The van der Waals surface area contributed by atoms with Crippen LogP contribution in [0.3, 0.4) is 0 Å². The minimum atomic E-state index is -1.00. The molecule has 0 heterocycles. The standard InChI is InChI=1S/C12H7F3O2/c13-8-5-12(17)10(15)4-7(8)6-1-2-11(16)9(14)3-6/h1-5,16-17H. The molecule has 88 valence electrons. The molecule has 0 unspecified atom stereocenters. The molecular formula is C12H7F3O2. The van der Waals surface area contributed by atoms with E-state index in [1.54, 1.807) is 0 Å². The number of hydrogen-bond donors (Lipinski definition) is 2. The molecule has 0 spiro atoms. The molecule has 0 aliphatic heterocycles. The van der Waals surface area contributed by atoms with Gasteiger partial charge in [-0.2, -0.15) is 0 Å². The van der Waals surface area contributed by atoms with Crippen molar-refractivity contribution in [2.45, 2.75) is 0 Å². The molecule has 2 rings (SSSR count). The van der Waals surface area contributed by atoms with Gasteiger partial charge in [0.05, 0.1) is 0 Å². The number of phenolic OH excluding ortho intramolecular Hbond substituents is 2. The zero-order valence-corrected chi connectivity index (χ0v) is 8.42. The second kappa shape index (κ2) is 4.01. The van der Waals surface area contributed by atoms with Crippen LogP contribution in [0.1, 0.15) is 0 Å². The van der Waals surface area contributed by atoms with Crippen molar-refractivity contribution in [1.82, 2.24) is 0 Å². The Morgan fingerprint density at radius 3 is 2.00 bits per heavy atom. The van der Waals surface area contributed by atoms with Gasteiger partial charge in [-0.15, -0.1) is 0 Å². The lowest BCUT2D eigenvalue weighted by molar-refractivity contribution is 0.427. The summed E-state index contributed by atoms with van der Waals surface area (Å²) in [6.45, 7) is 0. The van der Waals surface area contributed by atoms with Gasteiger partial charge in [0.25, 0.3) is 0 Å². The normalized spacial score (nSPS) is 10.5. The van der Waals surface area contributed by atoms with Crippen LogP contribution in [0.15, 0.2) is 30.3 Å². The van der Waals surface area contributed by atoms with Gasteiger partial charge in [-0.05, 0) is 23.8 Å². The molecule has 0 bridgehead atoms. The molecular weight excluding hydrogens is 233 g/mol. The Balaban J connectivity index is 2.60. The summed E-state index contributed by atoms with van der Waals surface area (Å²) in [7, 11) is 0. The highest BCUT2D eigenvalue weighted by Crippen LogP contribution is 2.30. The van der Waals surface area contributed by atoms with Gasteiger partial charge in [0.15, 0.2) is 23.1 Å². The first-order valence-corrected chi connectivity index (χ1v) is 4.66. The summed E-state index contributed by atoms with van der Waals surface area (Å²) < 4.78 is 39.6. The molecule has 0 aromatic heterocycles. The van der Waals surface area contributed by atoms with E-state index in [2.05, 4.69) is 0 Å². The van der Waals surface area contributed by atoms with Gasteiger partial charge in [0.1, 0.15) is 5.82 Å². The van der Waals surface area contributed by atoms with Crippen molar-refractivity contribution >= 4 is 0 Å². The molecule has 17 heavy (non-hydrogen) atoms. The number of aromatic hydroxyl groups is 2. The number of benzene rings is 2. The SMILES string of the molecule is Oc1ccc(-c2cc(F)c(O)cc2F)cc1F. The van der Waals surface area contributed by atoms with Crippen LogP contribution in [0, 0.1) is 17.5 Å². The van der Waals surface area contributed by atoms with E-state index in [1.165, 1.54) is 6.07 Å². The van der Waals surface area contributed by atoms with Crippen LogP contribution in [0.25, 0.3) is 11.1 Å². The fourth-order valence-corrected chi connectivity index (χ4v) is 1.43. The Hall–Kier alpha value is -2.17. The second-order valence-electron chi connectivity index (χ2n) is 3.45. The molecule has 2 aromatic rings. The third-order valence-electron chi connectivity index (χ3n) is 2.30. The third kappa shape index (κ3) is 2.04. The van der Waals surface area contributed by atoms with Gasteiger partial charge in [0, 0.05) is 11.6 Å². The number of hydrogen-bond acceptors (Lipinski definition) is 2. The highest BCUT2D eigenvalue weighted by atomic mass is 19.1. The van der Waals surface area contributed by atoms with E-state index in [-0.39, 0.29) is 11.1 Å². The van der Waals surface area contributed by atoms with Gasteiger partial charge in [-0.25, -0.2) is 13.2 Å². The Bertz CT molecular complexity index is 582. The quantitative estimate of drug-likeness (QED) is 0.803. The van der Waals surface area contributed by atoms with E-state index in [4.69, 9.17) is 10.2 Å². The average molecular weight is 240 g/mol. The van der Waals surface area contributed by atoms with Crippen LogP contribution in [-0.2, 0) is 0 Å². The van der Waals surface area contributed by atoms with Crippen molar-refractivity contribution in [3.63, 3.8) is 0 Å². The first-order valence-electron chi connectivity index (χ1n) is 4.66. The first kappa shape index (κ1) is 11.3. The Kier molecular flexibility index (Phi) is 2.67. The van der Waals surface area contributed by atoms with E-state index in [1.807, 2.05) is 0 Å². The van der Waals surface area contributed by atoms with Crippen LogP contribution >= 0.6 is 0 Å². The Morgan fingerprint density at radius 1 is 0.706 bits per heavy atom. The fraction of sp³-hybridized carbons (Fsp3) is 0. The zero-order valence-electron chi connectivity index (χ0n) is 8.42. The van der Waals surface area contributed by atoms with Crippen molar-refractivity contribution < 1.29 is 23.4 Å². The Labute approximate surface area is 94.6 Å². The summed E-state index contributed by atoms with van der Waals surface area (Å²) in [5, 5.41) is 17.9. The van der Waals surface area contributed by atoms with E-state index in [0.717, 1.165) is 18.2 Å². The van der Waals surface area contributed by atoms with Gasteiger partial charge >= 0.3 is 0 Å². The van der Waals surface area contributed by atoms with E-state index in [9.17, 15) is 13.2 Å². The predicted molar refractivity (Wildman–Crippen MR) is 55.1 cm³/mol. The van der Waals surface area contributed by atoms with Crippen molar-refractivity contribution in [3.05, 3.63) is 47.8 Å². The zero-order chi connectivity index (χ0) is 12.6. The lowest BCUT2D eigenvalue weighted by Gasteiger charge is -2.06. The van der Waals surface area contributed by atoms with Gasteiger partial charge in [-0.3, -0.25) is 0 Å². The maximum atomic E-state index is 13.4. The maximum Gasteiger partial charge on any atom is 0.165 e. The molecule has 0 atom stereocenters. The molecule has 5 heteroatoms. The molecule has 2 nitrogen and oxygen atoms in total. The van der Waals surface area contributed by atoms with Crippen LogP contribution in [0.4, 0.5) is 13.2 Å². The predicted octanol–water partition coefficient (Wildman–Crippen LogP) is 3.18. The van der Waals surface area contributed by atoms with Gasteiger partial charge in [-0.1, -0.05) is 6.07 Å². The van der Waals surface area contributed by atoms with Crippen molar-refractivity contribution in [3.8, 4) is 22.6 Å². The number of rotatable bonds is 1. The molecule has 0 saturated carbocycles. The third-order valence-corrected chi connectivity index (χ3v) is 2.30. The van der Waals surface area contributed by atoms with E-state index in [0.29, 0.717) is 6.07 Å². The van der Waals surface area contributed by atoms with Crippen molar-refractivity contribution in [2.24, 2.45) is 0 Å². The van der Waals surface area contributed by atoms with Crippen LogP contribution in [-0.4, -0.2) is 10.2 Å². The minimum Gasteiger partial charge on any atom is -0.505 e. The molecule has 2 aromatic carbocycles. The van der Waals surface area contributed by atoms with E-state index >= 15 is 0 Å². The smallest absolute Gasteiger partial charge is 0.165 e. The maximum absolute atomic E-state index is 13.4. The highest BCUT2D eigenvalue weighted by Gasteiger charge is 2.12.